The molecule has 4 heteroatoms. The maximum absolute atomic E-state index is 12.8. The van der Waals surface area contributed by atoms with Crippen molar-refractivity contribution < 1.29 is 9.18 Å². The van der Waals surface area contributed by atoms with Crippen molar-refractivity contribution in [3.63, 3.8) is 0 Å². The summed E-state index contributed by atoms with van der Waals surface area (Å²) >= 11 is 0. The van der Waals surface area contributed by atoms with Crippen molar-refractivity contribution >= 4 is 5.91 Å². The highest BCUT2D eigenvalue weighted by Gasteiger charge is 2.30. The highest BCUT2D eigenvalue weighted by molar-refractivity contribution is 5.82. The van der Waals surface area contributed by atoms with Crippen molar-refractivity contribution in [2.24, 2.45) is 11.7 Å². The number of nitrogens with two attached hydrogens (primary N) is 1. The van der Waals surface area contributed by atoms with Crippen LogP contribution in [-0.2, 0) is 4.79 Å². The molecule has 2 N–H and O–H groups in total. The van der Waals surface area contributed by atoms with Crippen LogP contribution in [0.5, 0.6) is 0 Å². The van der Waals surface area contributed by atoms with Gasteiger partial charge < -0.3 is 10.6 Å². The summed E-state index contributed by atoms with van der Waals surface area (Å²) in [7, 11) is 0. The van der Waals surface area contributed by atoms with Crippen molar-refractivity contribution in [1.82, 2.24) is 4.90 Å². The predicted molar refractivity (Wildman–Crippen MR) is 53.5 cm³/mol. The fourth-order valence-corrected chi connectivity index (χ4v) is 1.63. The van der Waals surface area contributed by atoms with Crippen LogP contribution in [0.3, 0.4) is 0 Å². The van der Waals surface area contributed by atoms with Crippen LogP contribution in [0.25, 0.3) is 0 Å². The number of carbonyl (C=O) groups excluding carboxylic acids is 1. The summed E-state index contributed by atoms with van der Waals surface area (Å²) in [5.41, 5.74) is 5.78. The van der Waals surface area contributed by atoms with Crippen LogP contribution in [-0.4, -0.2) is 36.1 Å². The molecule has 0 bridgehead atoms. The molecule has 0 aromatic heterocycles. The molecule has 1 saturated heterocycles. The first-order valence-corrected chi connectivity index (χ1v) is 5.24. The Morgan fingerprint density at radius 1 is 1.71 bits per heavy atom. The van der Waals surface area contributed by atoms with Gasteiger partial charge in [-0.15, -0.1) is 0 Å². The largest absolute Gasteiger partial charge is 0.338 e. The summed E-state index contributed by atoms with van der Waals surface area (Å²) in [6, 6.07) is -0.467. The van der Waals surface area contributed by atoms with Gasteiger partial charge in [0.15, 0.2) is 0 Å². The Hall–Kier alpha value is -0.640. The molecule has 1 aliphatic rings. The summed E-state index contributed by atoms with van der Waals surface area (Å²) in [6.07, 6.45) is 0.474. The van der Waals surface area contributed by atoms with Crippen LogP contribution >= 0.6 is 0 Å². The molecule has 82 valence electrons. The Morgan fingerprint density at radius 3 is 2.79 bits per heavy atom. The van der Waals surface area contributed by atoms with Gasteiger partial charge in [-0.05, 0) is 12.3 Å². The molecule has 1 rings (SSSR count). The van der Waals surface area contributed by atoms with E-state index in [4.69, 9.17) is 5.73 Å². The molecule has 3 nitrogen and oxygen atoms in total. The molecule has 3 atom stereocenters. The predicted octanol–water partition coefficient (Wildman–Crippen LogP) is 0.930. The number of nitrogens with zero attached hydrogens (tertiary/aromatic N) is 1. The van der Waals surface area contributed by atoms with Crippen LogP contribution in [0.2, 0.25) is 0 Å². The average Bonchev–Trinajstić information content (AvgIpc) is 2.61. The maximum Gasteiger partial charge on any atom is 0.239 e. The molecule has 1 heterocycles. The second-order valence-corrected chi connectivity index (χ2v) is 4.08. The topological polar surface area (TPSA) is 46.3 Å². The van der Waals surface area contributed by atoms with E-state index in [0.29, 0.717) is 13.0 Å². The number of alkyl halides is 1. The minimum Gasteiger partial charge on any atom is -0.338 e. The fourth-order valence-electron chi connectivity index (χ4n) is 1.63. The van der Waals surface area contributed by atoms with Crippen molar-refractivity contribution in [1.29, 1.82) is 0 Å². The molecule has 1 aliphatic heterocycles. The van der Waals surface area contributed by atoms with Crippen molar-refractivity contribution in [3.8, 4) is 0 Å². The van der Waals surface area contributed by atoms with Gasteiger partial charge in [-0.3, -0.25) is 4.79 Å². The first-order valence-electron chi connectivity index (χ1n) is 5.24. The van der Waals surface area contributed by atoms with Gasteiger partial charge in [0.25, 0.3) is 0 Å². The third kappa shape index (κ3) is 2.44. The minimum atomic E-state index is -0.858. The van der Waals surface area contributed by atoms with E-state index in [0.717, 1.165) is 6.42 Å². The van der Waals surface area contributed by atoms with Crippen LogP contribution in [0.4, 0.5) is 4.39 Å². The summed E-state index contributed by atoms with van der Waals surface area (Å²) in [5, 5.41) is 0. The van der Waals surface area contributed by atoms with E-state index in [2.05, 4.69) is 0 Å². The SMILES string of the molecule is CC[C@H](C)[C@H](N)C(=O)N1CC[C@@H](F)C1. The smallest absolute Gasteiger partial charge is 0.239 e. The van der Waals surface area contributed by atoms with Crippen molar-refractivity contribution in [2.75, 3.05) is 13.1 Å². The third-order valence-electron chi connectivity index (χ3n) is 2.98. The van der Waals surface area contributed by atoms with E-state index in [1.54, 1.807) is 4.90 Å². The third-order valence-corrected chi connectivity index (χ3v) is 2.98. The Kier molecular flexibility index (Phi) is 3.86. The monoisotopic (exact) mass is 202 g/mol. The van der Waals surface area contributed by atoms with Gasteiger partial charge in [-0.25, -0.2) is 4.39 Å². The number of rotatable bonds is 3. The highest BCUT2D eigenvalue weighted by Crippen LogP contribution is 2.15. The fraction of sp³-hybridized carbons (Fsp3) is 0.900. The molecule has 0 unspecified atom stereocenters. The summed E-state index contributed by atoms with van der Waals surface area (Å²) < 4.78 is 12.8. The molecule has 0 saturated carbocycles. The summed E-state index contributed by atoms with van der Waals surface area (Å²) in [4.78, 5) is 13.3. The molecule has 14 heavy (non-hydrogen) atoms. The lowest BCUT2D eigenvalue weighted by molar-refractivity contribution is -0.132. The summed E-state index contributed by atoms with van der Waals surface area (Å²) in [6.45, 7) is 4.69. The summed E-state index contributed by atoms with van der Waals surface area (Å²) in [5.74, 6) is 0.0701. The van der Waals surface area contributed by atoms with Gasteiger partial charge in [0.05, 0.1) is 12.6 Å². The molecule has 1 amide bonds. The van der Waals surface area contributed by atoms with Crippen LogP contribution in [0, 0.1) is 5.92 Å². The zero-order valence-corrected chi connectivity index (χ0v) is 8.87. The molecular formula is C10H19FN2O. The molecule has 0 radical (unpaired) electrons. The van der Waals surface area contributed by atoms with E-state index in [-0.39, 0.29) is 18.4 Å². The number of halogens is 1. The van der Waals surface area contributed by atoms with Crippen molar-refractivity contribution in [2.45, 2.75) is 38.9 Å². The molecule has 1 fully saturated rings. The molecular weight excluding hydrogens is 183 g/mol. The van der Waals surface area contributed by atoms with Gasteiger partial charge >= 0.3 is 0 Å². The number of hydrogen-bond acceptors (Lipinski definition) is 2. The number of likely N-dealkylation sites (tertiary alicyclic amines) is 1. The van der Waals surface area contributed by atoms with E-state index in [9.17, 15) is 9.18 Å². The zero-order valence-electron chi connectivity index (χ0n) is 8.87. The van der Waals surface area contributed by atoms with E-state index < -0.39 is 12.2 Å². The first kappa shape index (κ1) is 11.4. The van der Waals surface area contributed by atoms with Gasteiger partial charge in [0, 0.05) is 6.54 Å². The van der Waals surface area contributed by atoms with Crippen LogP contribution < -0.4 is 5.73 Å². The van der Waals surface area contributed by atoms with E-state index in [1.807, 2.05) is 13.8 Å². The molecule has 0 aromatic carbocycles. The number of carbonyl (C=O) groups is 1. The lowest BCUT2D eigenvalue weighted by atomic mass is 9.99. The van der Waals surface area contributed by atoms with Crippen LogP contribution in [0.1, 0.15) is 26.7 Å². The van der Waals surface area contributed by atoms with Gasteiger partial charge in [-0.1, -0.05) is 20.3 Å². The molecule has 0 spiro atoms. The molecule has 0 aromatic rings. The standard InChI is InChI=1S/C10H19FN2O/c1-3-7(2)9(12)10(14)13-5-4-8(11)6-13/h7-9H,3-6,12H2,1-2H3/t7-,8+,9-/m0/s1. The first-order chi connectivity index (χ1) is 6.56. The number of hydrogen-bond donors (Lipinski definition) is 1. The Bertz CT molecular complexity index is 206. The van der Waals surface area contributed by atoms with E-state index in [1.165, 1.54) is 0 Å². The highest BCUT2D eigenvalue weighted by atomic mass is 19.1. The zero-order chi connectivity index (χ0) is 10.7. The lowest BCUT2D eigenvalue weighted by Crippen LogP contribution is -2.46. The average molecular weight is 202 g/mol. The minimum absolute atomic E-state index is 0.0977. The second kappa shape index (κ2) is 4.73. The second-order valence-electron chi connectivity index (χ2n) is 4.08. The van der Waals surface area contributed by atoms with Gasteiger partial charge in [-0.2, -0.15) is 0 Å². The van der Waals surface area contributed by atoms with Gasteiger partial charge in [0.2, 0.25) is 5.91 Å². The van der Waals surface area contributed by atoms with Crippen molar-refractivity contribution in [3.05, 3.63) is 0 Å². The number of amides is 1. The quantitative estimate of drug-likeness (QED) is 0.740. The van der Waals surface area contributed by atoms with E-state index >= 15 is 0 Å². The Balaban J connectivity index is 2.48. The van der Waals surface area contributed by atoms with Crippen LogP contribution in [0.15, 0.2) is 0 Å². The Labute approximate surface area is 84.4 Å². The molecule has 0 aliphatic carbocycles. The van der Waals surface area contributed by atoms with Gasteiger partial charge in [0.1, 0.15) is 6.17 Å². The maximum atomic E-state index is 12.8. The lowest BCUT2D eigenvalue weighted by Gasteiger charge is -2.23. The normalized spacial score (nSPS) is 26.3. The Morgan fingerprint density at radius 2 is 2.36 bits per heavy atom.